The Morgan fingerprint density at radius 3 is 2.53 bits per heavy atom. The van der Waals surface area contributed by atoms with Crippen LogP contribution in [0.25, 0.3) is 5.69 Å². The van der Waals surface area contributed by atoms with Gasteiger partial charge in [0, 0.05) is 18.8 Å². The van der Waals surface area contributed by atoms with Gasteiger partial charge in [0.1, 0.15) is 12.7 Å². The third kappa shape index (κ3) is 5.20. The SMILES string of the molecule is O=C(CNc1cccc(S(=O)(=O)N2CCCC2)c1)Nc1cc(C(F)(F)F)ccc1-n1cncn1. The first-order chi connectivity index (χ1) is 16.1. The van der Waals surface area contributed by atoms with Gasteiger partial charge in [-0.15, -0.1) is 0 Å². The van der Waals surface area contributed by atoms with Gasteiger partial charge in [0.05, 0.1) is 28.4 Å². The van der Waals surface area contributed by atoms with Gasteiger partial charge in [-0.05, 0) is 49.2 Å². The second-order valence-electron chi connectivity index (χ2n) is 7.61. The van der Waals surface area contributed by atoms with Gasteiger partial charge in [0.2, 0.25) is 15.9 Å². The summed E-state index contributed by atoms with van der Waals surface area (Å²) >= 11 is 0. The number of rotatable bonds is 7. The van der Waals surface area contributed by atoms with E-state index < -0.39 is 27.7 Å². The van der Waals surface area contributed by atoms with Gasteiger partial charge in [0.15, 0.2) is 0 Å². The molecule has 0 saturated carbocycles. The minimum Gasteiger partial charge on any atom is -0.376 e. The fourth-order valence-electron chi connectivity index (χ4n) is 3.57. The van der Waals surface area contributed by atoms with Crippen molar-refractivity contribution in [1.82, 2.24) is 19.1 Å². The molecule has 0 radical (unpaired) electrons. The van der Waals surface area contributed by atoms with E-state index in [1.807, 2.05) is 0 Å². The minimum atomic E-state index is -4.60. The van der Waals surface area contributed by atoms with Crippen molar-refractivity contribution in [3.8, 4) is 5.69 Å². The first-order valence-corrected chi connectivity index (χ1v) is 11.8. The molecule has 1 amide bonds. The highest BCUT2D eigenvalue weighted by atomic mass is 32.2. The smallest absolute Gasteiger partial charge is 0.376 e. The first kappa shape index (κ1) is 23.7. The van der Waals surface area contributed by atoms with E-state index in [0.717, 1.165) is 25.0 Å². The summed E-state index contributed by atoms with van der Waals surface area (Å²) in [6.07, 6.45) is -0.469. The van der Waals surface area contributed by atoms with E-state index in [1.165, 1.54) is 39.8 Å². The number of alkyl halides is 3. The van der Waals surface area contributed by atoms with Crippen molar-refractivity contribution >= 4 is 27.3 Å². The summed E-state index contributed by atoms with van der Waals surface area (Å²) in [5.41, 5.74) is -0.439. The number of carbonyl (C=O) groups excluding carboxylic acids is 1. The predicted molar refractivity (Wildman–Crippen MR) is 118 cm³/mol. The monoisotopic (exact) mass is 494 g/mol. The van der Waals surface area contributed by atoms with Crippen molar-refractivity contribution in [2.45, 2.75) is 23.9 Å². The van der Waals surface area contributed by atoms with Gasteiger partial charge < -0.3 is 10.6 Å². The van der Waals surface area contributed by atoms with Gasteiger partial charge in [-0.3, -0.25) is 4.79 Å². The highest BCUT2D eigenvalue weighted by Crippen LogP contribution is 2.33. The molecule has 0 bridgehead atoms. The molecule has 4 rings (SSSR count). The van der Waals surface area contributed by atoms with Crippen molar-refractivity contribution in [1.29, 1.82) is 0 Å². The van der Waals surface area contributed by atoms with Gasteiger partial charge in [-0.1, -0.05) is 6.07 Å². The average Bonchev–Trinajstić information content (AvgIpc) is 3.52. The lowest BCUT2D eigenvalue weighted by molar-refractivity contribution is -0.137. The number of sulfonamides is 1. The molecule has 9 nitrogen and oxygen atoms in total. The van der Waals surface area contributed by atoms with Crippen LogP contribution < -0.4 is 10.6 Å². The van der Waals surface area contributed by atoms with E-state index in [-0.39, 0.29) is 22.8 Å². The van der Waals surface area contributed by atoms with E-state index in [0.29, 0.717) is 18.8 Å². The molecule has 1 aromatic heterocycles. The Morgan fingerprint density at radius 2 is 1.85 bits per heavy atom. The molecule has 1 saturated heterocycles. The molecule has 34 heavy (non-hydrogen) atoms. The molecule has 0 aliphatic carbocycles. The molecule has 1 aliphatic rings. The summed E-state index contributed by atoms with van der Waals surface area (Å²) in [4.78, 5) is 16.4. The van der Waals surface area contributed by atoms with Crippen molar-refractivity contribution in [3.05, 3.63) is 60.7 Å². The molecule has 0 unspecified atom stereocenters. The van der Waals surface area contributed by atoms with E-state index in [1.54, 1.807) is 12.1 Å². The highest BCUT2D eigenvalue weighted by molar-refractivity contribution is 7.89. The van der Waals surface area contributed by atoms with Crippen LogP contribution in [0, 0.1) is 0 Å². The quantitative estimate of drug-likeness (QED) is 0.523. The molecule has 2 heterocycles. The summed E-state index contributed by atoms with van der Waals surface area (Å²) in [6, 6.07) is 8.95. The van der Waals surface area contributed by atoms with Crippen LogP contribution in [-0.4, -0.2) is 53.0 Å². The molecule has 2 aromatic carbocycles. The Kier molecular flexibility index (Phi) is 6.57. The van der Waals surface area contributed by atoms with Crippen molar-refractivity contribution in [2.24, 2.45) is 0 Å². The van der Waals surface area contributed by atoms with Crippen LogP contribution in [0.3, 0.4) is 0 Å². The Labute approximate surface area is 193 Å². The molecule has 1 aliphatic heterocycles. The molecule has 13 heteroatoms. The Bertz CT molecular complexity index is 1270. The van der Waals surface area contributed by atoms with Crippen LogP contribution in [0.5, 0.6) is 0 Å². The lowest BCUT2D eigenvalue weighted by atomic mass is 10.1. The van der Waals surface area contributed by atoms with Crippen LogP contribution in [-0.2, 0) is 21.0 Å². The van der Waals surface area contributed by atoms with Crippen molar-refractivity contribution in [2.75, 3.05) is 30.3 Å². The van der Waals surface area contributed by atoms with Gasteiger partial charge in [-0.2, -0.15) is 22.6 Å². The molecule has 2 N–H and O–H groups in total. The maximum Gasteiger partial charge on any atom is 0.416 e. The van der Waals surface area contributed by atoms with Gasteiger partial charge >= 0.3 is 6.18 Å². The van der Waals surface area contributed by atoms with Crippen LogP contribution in [0.4, 0.5) is 24.5 Å². The van der Waals surface area contributed by atoms with Crippen molar-refractivity contribution in [3.63, 3.8) is 0 Å². The number of aromatic nitrogens is 3. The number of halogens is 3. The second-order valence-corrected chi connectivity index (χ2v) is 9.55. The minimum absolute atomic E-state index is 0.0995. The van der Waals surface area contributed by atoms with Crippen LogP contribution in [0.1, 0.15) is 18.4 Å². The lowest BCUT2D eigenvalue weighted by Gasteiger charge is -2.17. The Hall–Kier alpha value is -3.45. The molecular weight excluding hydrogens is 473 g/mol. The summed E-state index contributed by atoms with van der Waals surface area (Å²) < 4.78 is 67.7. The molecular formula is C21H21F3N6O3S. The summed E-state index contributed by atoms with van der Waals surface area (Å²) in [7, 11) is -3.63. The van der Waals surface area contributed by atoms with E-state index >= 15 is 0 Å². The number of carbonyl (C=O) groups is 1. The molecule has 3 aromatic rings. The average molecular weight is 494 g/mol. The second kappa shape index (κ2) is 9.43. The molecule has 180 valence electrons. The molecule has 0 atom stereocenters. The number of benzene rings is 2. The lowest BCUT2D eigenvalue weighted by Crippen LogP contribution is -2.28. The predicted octanol–water partition coefficient (Wildman–Crippen LogP) is 3.12. The first-order valence-electron chi connectivity index (χ1n) is 10.3. The summed E-state index contributed by atoms with van der Waals surface area (Å²) in [6.45, 7) is 0.626. The van der Waals surface area contributed by atoms with E-state index in [4.69, 9.17) is 0 Å². The Morgan fingerprint density at radius 1 is 1.09 bits per heavy atom. The van der Waals surface area contributed by atoms with Crippen LogP contribution >= 0.6 is 0 Å². The summed E-state index contributed by atoms with van der Waals surface area (Å²) in [5.74, 6) is -0.631. The number of hydrogen-bond donors (Lipinski definition) is 2. The number of anilines is 2. The van der Waals surface area contributed by atoms with E-state index in [2.05, 4.69) is 20.7 Å². The third-order valence-electron chi connectivity index (χ3n) is 5.25. The molecule has 0 spiro atoms. The standard InChI is InChI=1S/C21H21F3N6O3S/c22-21(23,24)15-6-7-19(30-14-25-13-27-30)18(10-15)28-20(31)12-26-16-4-3-5-17(11-16)34(32,33)29-8-1-2-9-29/h3-7,10-11,13-14,26H,1-2,8-9,12H2,(H,28,31). The normalized spacial score (nSPS) is 14.8. The zero-order valence-corrected chi connectivity index (χ0v) is 18.6. The fraction of sp³-hybridized carbons (Fsp3) is 0.286. The third-order valence-corrected chi connectivity index (χ3v) is 7.15. The van der Waals surface area contributed by atoms with Crippen LogP contribution in [0.15, 0.2) is 60.0 Å². The maximum absolute atomic E-state index is 13.2. The van der Waals surface area contributed by atoms with Crippen LogP contribution in [0.2, 0.25) is 0 Å². The topological polar surface area (TPSA) is 109 Å². The fourth-order valence-corrected chi connectivity index (χ4v) is 5.13. The van der Waals surface area contributed by atoms with Gasteiger partial charge in [-0.25, -0.2) is 18.1 Å². The summed E-state index contributed by atoms with van der Waals surface area (Å²) in [5, 5.41) is 9.17. The number of nitrogens with zero attached hydrogens (tertiary/aromatic N) is 4. The highest BCUT2D eigenvalue weighted by Gasteiger charge is 2.31. The maximum atomic E-state index is 13.2. The number of hydrogen-bond acceptors (Lipinski definition) is 6. The van der Waals surface area contributed by atoms with Gasteiger partial charge in [0.25, 0.3) is 0 Å². The zero-order valence-electron chi connectivity index (χ0n) is 17.8. The number of amides is 1. The largest absolute Gasteiger partial charge is 0.416 e. The molecule has 1 fully saturated rings. The van der Waals surface area contributed by atoms with Crippen molar-refractivity contribution < 1.29 is 26.4 Å². The number of nitrogens with one attached hydrogen (secondary N) is 2. The Balaban J connectivity index is 1.48. The van der Waals surface area contributed by atoms with E-state index in [9.17, 15) is 26.4 Å². The zero-order chi connectivity index (χ0) is 24.3.